The second-order valence-corrected chi connectivity index (χ2v) is 7.97. The Morgan fingerprint density at radius 3 is 2.55 bits per heavy atom. The van der Waals surface area contributed by atoms with Crippen LogP contribution in [0, 0.1) is 0 Å². The Balaban J connectivity index is 1.68. The minimum atomic E-state index is -0.555. The highest BCUT2D eigenvalue weighted by Gasteiger charge is 2.25. The minimum absolute atomic E-state index is 0.0325. The molecule has 0 bridgehead atoms. The fourth-order valence-electron chi connectivity index (χ4n) is 4.15. The van der Waals surface area contributed by atoms with Gasteiger partial charge in [-0.25, -0.2) is 9.78 Å². The van der Waals surface area contributed by atoms with Gasteiger partial charge in [-0.2, -0.15) is 0 Å². The maximum Gasteiger partial charge on any atom is 0.340 e. The van der Waals surface area contributed by atoms with Crippen molar-refractivity contribution < 1.29 is 23.9 Å². The topological polar surface area (TPSA) is 85.8 Å². The molecular formula is C26H26N2O5. The molecule has 1 aromatic heterocycles. The molecule has 170 valence electrons. The van der Waals surface area contributed by atoms with Crippen molar-refractivity contribution in [2.24, 2.45) is 0 Å². The summed E-state index contributed by atoms with van der Waals surface area (Å²) in [7, 11) is 1.31. The standard InChI is InChI=1S/C26H26N2O5/c1-32-26(31)25-21(17-33-23(30)16-28-15-9-3-6-14-22(28)29)27-20-13-8-7-12-19(20)24(25)18-10-4-2-5-11-18/h2,4-5,7-8,10-13H,3,6,9,14-17H2,1H3. The fourth-order valence-corrected chi connectivity index (χ4v) is 4.15. The maximum atomic E-state index is 12.9. The lowest BCUT2D eigenvalue weighted by Gasteiger charge is -2.20. The lowest BCUT2D eigenvalue weighted by Crippen LogP contribution is -2.36. The van der Waals surface area contributed by atoms with Crippen LogP contribution in [-0.2, 0) is 25.7 Å². The molecule has 0 aliphatic carbocycles. The number of hydrogen-bond donors (Lipinski definition) is 0. The van der Waals surface area contributed by atoms with Crippen molar-refractivity contribution in [1.29, 1.82) is 0 Å². The quantitative estimate of drug-likeness (QED) is 0.529. The Bertz CT molecular complexity index is 1180. The summed E-state index contributed by atoms with van der Waals surface area (Å²) in [6.07, 6.45) is 3.14. The monoisotopic (exact) mass is 446 g/mol. The summed E-state index contributed by atoms with van der Waals surface area (Å²) in [4.78, 5) is 43.8. The number of benzene rings is 2. The molecule has 0 atom stereocenters. The summed E-state index contributed by atoms with van der Waals surface area (Å²) < 4.78 is 10.6. The van der Waals surface area contributed by atoms with Crippen LogP contribution in [0.5, 0.6) is 0 Å². The smallest absolute Gasteiger partial charge is 0.340 e. The molecule has 3 aromatic rings. The Kier molecular flexibility index (Phi) is 6.98. The van der Waals surface area contributed by atoms with Gasteiger partial charge in [0, 0.05) is 23.9 Å². The van der Waals surface area contributed by atoms with E-state index in [1.807, 2.05) is 54.6 Å². The van der Waals surface area contributed by atoms with E-state index in [9.17, 15) is 14.4 Å². The van der Waals surface area contributed by atoms with Gasteiger partial charge in [0.05, 0.1) is 23.9 Å². The zero-order valence-electron chi connectivity index (χ0n) is 18.6. The highest BCUT2D eigenvalue weighted by molar-refractivity contribution is 6.07. The van der Waals surface area contributed by atoms with E-state index < -0.39 is 11.9 Å². The molecule has 4 rings (SSSR count). The van der Waals surface area contributed by atoms with Crippen LogP contribution in [0.3, 0.4) is 0 Å². The SMILES string of the molecule is COC(=O)c1c(COC(=O)CN2CCCCCC2=O)nc2ccccc2c1-c1ccccc1. The van der Waals surface area contributed by atoms with Crippen molar-refractivity contribution in [1.82, 2.24) is 9.88 Å². The number of hydrogen-bond acceptors (Lipinski definition) is 6. The number of carbonyl (C=O) groups excluding carboxylic acids is 3. The predicted octanol–water partition coefficient (Wildman–Crippen LogP) is 4.13. The van der Waals surface area contributed by atoms with Gasteiger partial charge in [0.15, 0.2) is 0 Å². The third kappa shape index (κ3) is 5.03. The average molecular weight is 447 g/mol. The van der Waals surface area contributed by atoms with Gasteiger partial charge in [-0.1, -0.05) is 55.0 Å². The third-order valence-corrected chi connectivity index (χ3v) is 5.78. The summed E-state index contributed by atoms with van der Waals surface area (Å²) >= 11 is 0. The second kappa shape index (κ2) is 10.3. The zero-order chi connectivity index (χ0) is 23.2. The number of aromatic nitrogens is 1. The first-order valence-corrected chi connectivity index (χ1v) is 11.1. The Labute approximate surface area is 192 Å². The van der Waals surface area contributed by atoms with Crippen LogP contribution in [-0.4, -0.2) is 47.9 Å². The molecule has 0 saturated carbocycles. The van der Waals surface area contributed by atoms with E-state index >= 15 is 0 Å². The van der Waals surface area contributed by atoms with Gasteiger partial charge in [-0.3, -0.25) is 9.59 Å². The first kappa shape index (κ1) is 22.5. The highest BCUT2D eigenvalue weighted by atomic mass is 16.5. The number of pyridine rings is 1. The molecule has 7 heteroatoms. The number of fused-ring (bicyclic) bond motifs is 1. The Morgan fingerprint density at radius 2 is 1.76 bits per heavy atom. The number of para-hydroxylation sites is 1. The van der Waals surface area contributed by atoms with Crippen LogP contribution in [0.15, 0.2) is 54.6 Å². The van der Waals surface area contributed by atoms with E-state index in [0.29, 0.717) is 29.7 Å². The van der Waals surface area contributed by atoms with Gasteiger partial charge in [0.1, 0.15) is 13.2 Å². The highest BCUT2D eigenvalue weighted by Crippen LogP contribution is 2.34. The molecule has 0 radical (unpaired) electrons. The fraction of sp³-hybridized carbons (Fsp3) is 0.308. The average Bonchev–Trinajstić information content (AvgIpc) is 3.05. The van der Waals surface area contributed by atoms with E-state index in [4.69, 9.17) is 9.47 Å². The number of likely N-dealkylation sites (tertiary alicyclic amines) is 1. The molecule has 0 N–H and O–H groups in total. The number of ether oxygens (including phenoxy) is 2. The van der Waals surface area contributed by atoms with Crippen LogP contribution in [0.25, 0.3) is 22.0 Å². The van der Waals surface area contributed by atoms with Gasteiger partial charge in [-0.15, -0.1) is 0 Å². The van der Waals surface area contributed by atoms with E-state index in [1.54, 1.807) is 4.90 Å². The second-order valence-electron chi connectivity index (χ2n) is 7.97. The summed E-state index contributed by atoms with van der Waals surface area (Å²) in [5.41, 5.74) is 2.77. The lowest BCUT2D eigenvalue weighted by molar-refractivity contribution is -0.150. The minimum Gasteiger partial charge on any atom is -0.465 e. The zero-order valence-corrected chi connectivity index (χ0v) is 18.6. The van der Waals surface area contributed by atoms with Gasteiger partial charge >= 0.3 is 11.9 Å². The lowest BCUT2D eigenvalue weighted by atomic mass is 9.94. The first-order valence-electron chi connectivity index (χ1n) is 11.1. The molecule has 7 nitrogen and oxygen atoms in total. The summed E-state index contributed by atoms with van der Waals surface area (Å²) in [5, 5.41) is 0.800. The van der Waals surface area contributed by atoms with Crippen LogP contribution >= 0.6 is 0 Å². The third-order valence-electron chi connectivity index (χ3n) is 5.78. The van der Waals surface area contributed by atoms with Crippen LogP contribution in [0.4, 0.5) is 0 Å². The molecular weight excluding hydrogens is 420 g/mol. The number of carbonyl (C=O) groups is 3. The molecule has 1 aliphatic heterocycles. The number of nitrogens with zero attached hydrogens (tertiary/aromatic N) is 2. The Hall–Kier alpha value is -3.74. The van der Waals surface area contributed by atoms with Gasteiger partial charge < -0.3 is 14.4 Å². The van der Waals surface area contributed by atoms with Crippen molar-refractivity contribution in [3.63, 3.8) is 0 Å². The molecule has 33 heavy (non-hydrogen) atoms. The van der Waals surface area contributed by atoms with E-state index in [-0.39, 0.29) is 24.6 Å². The van der Waals surface area contributed by atoms with Crippen molar-refractivity contribution in [2.75, 3.05) is 20.2 Å². The summed E-state index contributed by atoms with van der Waals surface area (Å²) in [6, 6.07) is 17.0. The van der Waals surface area contributed by atoms with Crippen molar-refractivity contribution in [3.05, 3.63) is 65.9 Å². The van der Waals surface area contributed by atoms with Gasteiger partial charge in [0.2, 0.25) is 5.91 Å². The van der Waals surface area contributed by atoms with Crippen LogP contribution < -0.4 is 0 Å². The molecule has 1 fully saturated rings. The van der Waals surface area contributed by atoms with Crippen LogP contribution in [0.2, 0.25) is 0 Å². The normalized spacial score (nSPS) is 14.1. The number of methoxy groups -OCH3 is 1. The summed E-state index contributed by atoms with van der Waals surface area (Å²) in [6.45, 7) is 0.245. The van der Waals surface area contributed by atoms with Gasteiger partial charge in [0.25, 0.3) is 0 Å². The molecule has 1 saturated heterocycles. The molecule has 1 amide bonds. The van der Waals surface area contributed by atoms with Gasteiger partial charge in [-0.05, 0) is 24.5 Å². The summed E-state index contributed by atoms with van der Waals surface area (Å²) in [5.74, 6) is -1.12. The van der Waals surface area contributed by atoms with Crippen molar-refractivity contribution in [2.45, 2.75) is 32.3 Å². The predicted molar refractivity (Wildman–Crippen MR) is 123 cm³/mol. The largest absolute Gasteiger partial charge is 0.465 e. The van der Waals surface area contributed by atoms with Crippen LogP contribution in [0.1, 0.15) is 41.7 Å². The first-order chi connectivity index (χ1) is 16.1. The molecule has 2 aromatic carbocycles. The molecule has 0 unspecified atom stereocenters. The number of rotatable bonds is 6. The number of esters is 2. The van der Waals surface area contributed by atoms with Crippen molar-refractivity contribution in [3.8, 4) is 11.1 Å². The molecule has 1 aliphatic rings. The molecule has 2 heterocycles. The van der Waals surface area contributed by atoms with E-state index in [2.05, 4.69) is 4.98 Å². The maximum absolute atomic E-state index is 12.9. The molecule has 0 spiro atoms. The van der Waals surface area contributed by atoms with Crippen molar-refractivity contribution >= 4 is 28.7 Å². The Morgan fingerprint density at radius 1 is 1.00 bits per heavy atom. The van der Waals surface area contributed by atoms with E-state index in [1.165, 1.54) is 7.11 Å². The van der Waals surface area contributed by atoms with E-state index in [0.717, 1.165) is 30.2 Å². The number of amides is 1.